The van der Waals surface area contributed by atoms with Crippen molar-refractivity contribution in [1.29, 1.82) is 0 Å². The SMILES string of the molecule is [C-]#[N+]Cc1ccccc1-n1ccc(C(=O)O)n1. The average Bonchev–Trinajstić information content (AvgIpc) is 2.79. The number of carbonyl (C=O) groups is 1. The number of hydrogen-bond acceptors (Lipinski definition) is 2. The minimum absolute atomic E-state index is 0.0115. The molecule has 2 aromatic rings. The van der Waals surface area contributed by atoms with Gasteiger partial charge in [-0.25, -0.2) is 16.0 Å². The lowest BCUT2D eigenvalue weighted by molar-refractivity contribution is 0.0690. The van der Waals surface area contributed by atoms with Crippen molar-refractivity contribution in [3.8, 4) is 5.69 Å². The van der Waals surface area contributed by atoms with Crippen LogP contribution in [0.1, 0.15) is 16.1 Å². The Kier molecular flexibility index (Phi) is 2.88. The normalized spacial score (nSPS) is 9.82. The Hall–Kier alpha value is -2.61. The van der Waals surface area contributed by atoms with Crippen molar-refractivity contribution in [2.24, 2.45) is 0 Å². The number of aromatic nitrogens is 2. The first-order valence-electron chi connectivity index (χ1n) is 4.93. The highest BCUT2D eigenvalue weighted by molar-refractivity contribution is 5.85. The molecule has 84 valence electrons. The van der Waals surface area contributed by atoms with Crippen LogP contribution >= 0.6 is 0 Å². The molecule has 0 atom stereocenters. The molecule has 0 aliphatic heterocycles. The van der Waals surface area contributed by atoms with Crippen molar-refractivity contribution in [2.45, 2.75) is 6.54 Å². The maximum atomic E-state index is 10.7. The molecule has 0 aliphatic rings. The van der Waals surface area contributed by atoms with Crippen molar-refractivity contribution in [3.05, 3.63) is 59.2 Å². The number of carboxylic acids is 1. The van der Waals surface area contributed by atoms with Gasteiger partial charge in [0.1, 0.15) is 0 Å². The van der Waals surface area contributed by atoms with E-state index in [2.05, 4.69) is 9.94 Å². The molecule has 17 heavy (non-hydrogen) atoms. The lowest BCUT2D eigenvalue weighted by Gasteiger charge is -2.04. The van der Waals surface area contributed by atoms with Crippen LogP contribution < -0.4 is 0 Å². The molecule has 0 aliphatic carbocycles. The van der Waals surface area contributed by atoms with Crippen LogP contribution in [0.2, 0.25) is 0 Å². The van der Waals surface area contributed by atoms with E-state index >= 15 is 0 Å². The predicted molar refractivity (Wildman–Crippen MR) is 60.8 cm³/mol. The molecular formula is C12H9N3O2. The summed E-state index contributed by atoms with van der Waals surface area (Å²) in [6.45, 7) is 7.12. The molecule has 0 bridgehead atoms. The van der Waals surface area contributed by atoms with E-state index in [1.807, 2.05) is 18.2 Å². The van der Waals surface area contributed by atoms with Crippen molar-refractivity contribution in [1.82, 2.24) is 9.78 Å². The summed E-state index contributed by atoms with van der Waals surface area (Å²) in [7, 11) is 0. The molecule has 0 saturated carbocycles. The Labute approximate surface area is 97.7 Å². The third-order valence-electron chi connectivity index (χ3n) is 2.30. The molecule has 0 unspecified atom stereocenters. The van der Waals surface area contributed by atoms with E-state index in [4.69, 9.17) is 11.7 Å². The molecule has 5 nitrogen and oxygen atoms in total. The van der Waals surface area contributed by atoms with E-state index in [-0.39, 0.29) is 12.2 Å². The molecule has 1 heterocycles. The van der Waals surface area contributed by atoms with Gasteiger partial charge in [0.05, 0.1) is 11.3 Å². The number of para-hydroxylation sites is 1. The zero-order chi connectivity index (χ0) is 12.3. The maximum absolute atomic E-state index is 10.7. The standard InChI is InChI=1S/C12H9N3O2/c1-13-8-9-4-2-3-5-11(9)15-7-6-10(14-15)12(16)17/h2-7H,8H2,(H,16,17). The van der Waals surface area contributed by atoms with E-state index in [1.165, 1.54) is 10.7 Å². The number of hydrogen-bond donors (Lipinski definition) is 1. The third kappa shape index (κ3) is 2.16. The summed E-state index contributed by atoms with van der Waals surface area (Å²) < 4.78 is 1.48. The van der Waals surface area contributed by atoms with Gasteiger partial charge in [-0.15, -0.1) is 0 Å². The van der Waals surface area contributed by atoms with Gasteiger partial charge < -0.3 is 9.95 Å². The fraction of sp³-hybridized carbons (Fsp3) is 0.0833. The minimum atomic E-state index is -1.06. The number of carboxylic acid groups (broad SMARTS) is 1. The lowest BCUT2D eigenvalue weighted by Crippen LogP contribution is -2.03. The summed E-state index contributed by atoms with van der Waals surface area (Å²) in [4.78, 5) is 14.1. The van der Waals surface area contributed by atoms with Crippen LogP contribution in [0.5, 0.6) is 0 Å². The molecule has 0 radical (unpaired) electrons. The highest BCUT2D eigenvalue weighted by Gasteiger charge is 2.10. The van der Waals surface area contributed by atoms with Gasteiger partial charge in [0.2, 0.25) is 6.54 Å². The van der Waals surface area contributed by atoms with Crippen molar-refractivity contribution in [3.63, 3.8) is 0 Å². The van der Waals surface area contributed by atoms with Gasteiger partial charge in [0, 0.05) is 6.20 Å². The van der Waals surface area contributed by atoms with E-state index in [9.17, 15) is 4.79 Å². The number of benzene rings is 1. The Bertz CT molecular complexity index is 596. The Balaban J connectivity index is 2.45. The first-order chi connectivity index (χ1) is 8.22. The van der Waals surface area contributed by atoms with Crippen LogP contribution in [0.4, 0.5) is 0 Å². The van der Waals surface area contributed by atoms with Crippen molar-refractivity contribution < 1.29 is 9.90 Å². The highest BCUT2D eigenvalue weighted by Crippen LogP contribution is 2.15. The summed E-state index contributed by atoms with van der Waals surface area (Å²) >= 11 is 0. The van der Waals surface area contributed by atoms with Crippen LogP contribution in [-0.4, -0.2) is 20.9 Å². The second-order valence-corrected chi connectivity index (χ2v) is 3.40. The Morgan fingerprint density at radius 3 is 2.82 bits per heavy atom. The molecule has 5 heteroatoms. The summed E-state index contributed by atoms with van der Waals surface area (Å²) in [5, 5.41) is 12.7. The molecule has 0 amide bonds. The fourth-order valence-electron chi connectivity index (χ4n) is 1.53. The van der Waals surface area contributed by atoms with Gasteiger partial charge >= 0.3 is 5.97 Å². The molecule has 0 fully saturated rings. The number of rotatable bonds is 3. The Morgan fingerprint density at radius 2 is 2.18 bits per heavy atom. The first-order valence-corrected chi connectivity index (χ1v) is 4.93. The predicted octanol–water partition coefficient (Wildman–Crippen LogP) is 1.99. The molecule has 1 N–H and O–H groups in total. The van der Waals surface area contributed by atoms with E-state index in [1.54, 1.807) is 12.3 Å². The van der Waals surface area contributed by atoms with Crippen LogP contribution in [0, 0.1) is 6.57 Å². The monoisotopic (exact) mass is 227 g/mol. The van der Waals surface area contributed by atoms with E-state index in [0.29, 0.717) is 0 Å². The topological polar surface area (TPSA) is 59.5 Å². The zero-order valence-electron chi connectivity index (χ0n) is 8.87. The van der Waals surface area contributed by atoms with Gasteiger partial charge in [-0.1, -0.05) is 12.1 Å². The molecule has 1 aromatic heterocycles. The van der Waals surface area contributed by atoms with Crippen LogP contribution in [0.15, 0.2) is 36.5 Å². The van der Waals surface area contributed by atoms with Gasteiger partial charge in [-0.2, -0.15) is 5.10 Å². The molecular weight excluding hydrogens is 218 g/mol. The van der Waals surface area contributed by atoms with Gasteiger partial charge in [0.15, 0.2) is 5.69 Å². The van der Waals surface area contributed by atoms with Crippen molar-refractivity contribution in [2.75, 3.05) is 0 Å². The maximum Gasteiger partial charge on any atom is 0.356 e. The van der Waals surface area contributed by atoms with Gasteiger partial charge in [0.25, 0.3) is 0 Å². The van der Waals surface area contributed by atoms with Crippen LogP contribution in [-0.2, 0) is 6.54 Å². The summed E-state index contributed by atoms with van der Waals surface area (Å²) in [6, 6.07) is 8.72. The minimum Gasteiger partial charge on any atom is -0.476 e. The van der Waals surface area contributed by atoms with Crippen LogP contribution in [0.3, 0.4) is 0 Å². The van der Waals surface area contributed by atoms with Gasteiger partial charge in [-0.05, 0) is 18.2 Å². The molecule has 1 aromatic carbocycles. The van der Waals surface area contributed by atoms with E-state index in [0.717, 1.165) is 11.3 Å². The third-order valence-corrected chi connectivity index (χ3v) is 2.30. The van der Waals surface area contributed by atoms with E-state index < -0.39 is 5.97 Å². The van der Waals surface area contributed by atoms with Crippen LogP contribution in [0.25, 0.3) is 10.5 Å². The Morgan fingerprint density at radius 1 is 1.41 bits per heavy atom. The van der Waals surface area contributed by atoms with Gasteiger partial charge in [-0.3, -0.25) is 0 Å². The van der Waals surface area contributed by atoms with Crippen molar-refractivity contribution >= 4 is 5.97 Å². The largest absolute Gasteiger partial charge is 0.476 e. The fourth-order valence-corrected chi connectivity index (χ4v) is 1.53. The molecule has 0 saturated heterocycles. The average molecular weight is 227 g/mol. The smallest absolute Gasteiger partial charge is 0.356 e. The summed E-state index contributed by atoms with van der Waals surface area (Å²) in [6.07, 6.45) is 1.58. The lowest BCUT2D eigenvalue weighted by atomic mass is 10.2. The molecule has 2 rings (SSSR count). The molecule has 0 spiro atoms. The number of nitrogens with zero attached hydrogens (tertiary/aromatic N) is 3. The summed E-state index contributed by atoms with van der Waals surface area (Å²) in [5.41, 5.74) is 1.54. The first kappa shape index (κ1) is 10.9. The second-order valence-electron chi connectivity index (χ2n) is 3.40. The number of aromatic carboxylic acids is 1. The highest BCUT2D eigenvalue weighted by atomic mass is 16.4. The zero-order valence-corrected chi connectivity index (χ0v) is 8.87. The quantitative estimate of drug-likeness (QED) is 0.816. The summed E-state index contributed by atoms with van der Waals surface area (Å²) in [5.74, 6) is -1.06. The second kappa shape index (κ2) is 4.49.